The molecule has 5 aromatic carbocycles. The highest BCUT2D eigenvalue weighted by Crippen LogP contribution is 2.35. The lowest BCUT2D eigenvalue weighted by Crippen LogP contribution is -1.99. The van der Waals surface area contributed by atoms with Crippen LogP contribution in [0.15, 0.2) is 152 Å². The van der Waals surface area contributed by atoms with Crippen LogP contribution in [0.5, 0.6) is 0 Å². The number of hydrogen-bond donors (Lipinski definition) is 0. The van der Waals surface area contributed by atoms with Crippen LogP contribution in [0.3, 0.4) is 0 Å². The Morgan fingerprint density at radius 3 is 1.57 bits per heavy atom. The van der Waals surface area contributed by atoms with Crippen molar-refractivity contribution in [2.24, 2.45) is 0 Å². The minimum atomic E-state index is 0.588. The molecular formula is C41H25N5. The summed E-state index contributed by atoms with van der Waals surface area (Å²) >= 11 is 0. The summed E-state index contributed by atoms with van der Waals surface area (Å²) in [6.45, 7) is 0. The fourth-order valence-corrected chi connectivity index (χ4v) is 6.77. The van der Waals surface area contributed by atoms with Crippen LogP contribution in [-0.2, 0) is 0 Å². The van der Waals surface area contributed by atoms with Gasteiger partial charge < -0.3 is 9.13 Å². The summed E-state index contributed by atoms with van der Waals surface area (Å²) in [5, 5.41) is 15.1. The first kappa shape index (κ1) is 25.9. The predicted molar refractivity (Wildman–Crippen MR) is 186 cm³/mol. The van der Waals surface area contributed by atoms with Crippen molar-refractivity contribution in [1.82, 2.24) is 19.1 Å². The molecule has 0 aliphatic heterocycles. The molecule has 5 heteroatoms. The molecular weight excluding hydrogens is 562 g/mol. The van der Waals surface area contributed by atoms with E-state index in [0.717, 1.165) is 66.9 Å². The lowest BCUT2D eigenvalue weighted by atomic mass is 10.0. The van der Waals surface area contributed by atoms with E-state index in [1.807, 2.05) is 60.8 Å². The standard InChI is InChI=1S/C41H25N5/c42-25-28-24-27(20-23-37(28)46-40-18-7-3-12-32(40)33-13-4-8-19-41(33)46)34-14-9-15-36(44-34)35-22-21-29(26-43-35)45-38-16-5-1-10-30(38)31-11-2-6-17-39(31)45/h1-24,26H. The van der Waals surface area contributed by atoms with Crippen molar-refractivity contribution in [3.63, 3.8) is 0 Å². The quantitative estimate of drug-likeness (QED) is 0.206. The Labute approximate surface area is 264 Å². The SMILES string of the molecule is N#Cc1cc(-c2cccc(-c3ccc(-n4c5ccccc5c5ccccc54)cn3)n2)ccc1-n1c2ccccc2c2ccccc21. The molecule has 9 aromatic rings. The molecule has 0 aliphatic rings. The van der Waals surface area contributed by atoms with Gasteiger partial charge in [-0.2, -0.15) is 5.26 Å². The van der Waals surface area contributed by atoms with Gasteiger partial charge in [0, 0.05) is 27.1 Å². The number of para-hydroxylation sites is 4. The molecule has 0 unspecified atom stereocenters. The molecule has 214 valence electrons. The lowest BCUT2D eigenvalue weighted by Gasteiger charge is -2.12. The van der Waals surface area contributed by atoms with Gasteiger partial charge in [-0.1, -0.05) is 84.9 Å². The van der Waals surface area contributed by atoms with Crippen molar-refractivity contribution < 1.29 is 0 Å². The Morgan fingerprint density at radius 2 is 1.02 bits per heavy atom. The van der Waals surface area contributed by atoms with Crippen LogP contribution in [0.25, 0.3) is 77.6 Å². The number of fused-ring (bicyclic) bond motifs is 6. The van der Waals surface area contributed by atoms with E-state index in [1.54, 1.807) is 0 Å². The average molecular weight is 588 g/mol. The number of rotatable bonds is 4. The van der Waals surface area contributed by atoms with Crippen molar-refractivity contribution >= 4 is 43.6 Å². The zero-order valence-corrected chi connectivity index (χ0v) is 24.7. The molecule has 0 amide bonds. The largest absolute Gasteiger partial charge is 0.308 e. The van der Waals surface area contributed by atoms with E-state index in [1.165, 1.54) is 10.8 Å². The summed E-state index contributed by atoms with van der Waals surface area (Å²) in [4.78, 5) is 9.84. The van der Waals surface area contributed by atoms with Gasteiger partial charge >= 0.3 is 0 Å². The molecule has 4 heterocycles. The first-order valence-electron chi connectivity index (χ1n) is 15.2. The van der Waals surface area contributed by atoms with Crippen LogP contribution in [-0.4, -0.2) is 19.1 Å². The molecule has 0 saturated heterocycles. The zero-order valence-electron chi connectivity index (χ0n) is 24.7. The van der Waals surface area contributed by atoms with Crippen LogP contribution in [0.1, 0.15) is 5.56 Å². The zero-order chi connectivity index (χ0) is 30.6. The highest BCUT2D eigenvalue weighted by molar-refractivity contribution is 6.10. The van der Waals surface area contributed by atoms with Crippen LogP contribution < -0.4 is 0 Å². The molecule has 9 rings (SSSR count). The Hall–Kier alpha value is -6.51. The van der Waals surface area contributed by atoms with Crippen molar-refractivity contribution in [3.8, 4) is 40.1 Å². The molecule has 5 nitrogen and oxygen atoms in total. The monoisotopic (exact) mass is 587 g/mol. The second kappa shape index (κ2) is 10.3. The molecule has 4 aromatic heterocycles. The molecule has 0 bridgehead atoms. The van der Waals surface area contributed by atoms with E-state index >= 15 is 0 Å². The van der Waals surface area contributed by atoms with Gasteiger partial charge in [-0.15, -0.1) is 0 Å². The van der Waals surface area contributed by atoms with E-state index in [9.17, 15) is 5.26 Å². The molecule has 0 fully saturated rings. The third kappa shape index (κ3) is 3.94. The van der Waals surface area contributed by atoms with Crippen LogP contribution in [0.2, 0.25) is 0 Å². The maximum atomic E-state index is 10.3. The summed E-state index contributed by atoms with van der Waals surface area (Å²) in [6, 6.07) is 52.1. The molecule has 0 radical (unpaired) electrons. The summed E-state index contributed by atoms with van der Waals surface area (Å²) in [5.41, 5.74) is 10.1. The summed E-state index contributed by atoms with van der Waals surface area (Å²) in [5.74, 6) is 0. The second-order valence-electron chi connectivity index (χ2n) is 11.4. The molecule has 0 spiro atoms. The Morgan fingerprint density at radius 1 is 0.478 bits per heavy atom. The Kier molecular flexibility index (Phi) is 5.81. The van der Waals surface area contributed by atoms with Crippen LogP contribution in [0, 0.1) is 11.3 Å². The maximum absolute atomic E-state index is 10.3. The smallest absolute Gasteiger partial charge is 0.101 e. The normalized spacial score (nSPS) is 11.5. The first-order valence-corrected chi connectivity index (χ1v) is 15.2. The third-order valence-electron chi connectivity index (χ3n) is 8.83. The van der Waals surface area contributed by atoms with Gasteiger partial charge in [0.15, 0.2) is 0 Å². The van der Waals surface area contributed by atoms with E-state index in [0.29, 0.717) is 5.56 Å². The van der Waals surface area contributed by atoms with E-state index in [-0.39, 0.29) is 0 Å². The fraction of sp³-hybridized carbons (Fsp3) is 0. The molecule has 0 N–H and O–H groups in total. The van der Waals surface area contributed by atoms with Gasteiger partial charge in [0.25, 0.3) is 0 Å². The van der Waals surface area contributed by atoms with E-state index in [4.69, 9.17) is 9.97 Å². The molecule has 0 atom stereocenters. The van der Waals surface area contributed by atoms with E-state index < -0.39 is 0 Å². The fourth-order valence-electron chi connectivity index (χ4n) is 6.77. The summed E-state index contributed by atoms with van der Waals surface area (Å²) in [6.07, 6.45) is 1.91. The number of nitrogens with zero attached hydrogens (tertiary/aromatic N) is 5. The number of benzene rings is 5. The lowest BCUT2D eigenvalue weighted by molar-refractivity contribution is 1.14. The third-order valence-corrected chi connectivity index (χ3v) is 8.83. The van der Waals surface area contributed by atoms with Gasteiger partial charge in [0.2, 0.25) is 0 Å². The van der Waals surface area contributed by atoms with Crippen molar-refractivity contribution in [2.45, 2.75) is 0 Å². The van der Waals surface area contributed by atoms with Gasteiger partial charge in [0.05, 0.1) is 62.3 Å². The maximum Gasteiger partial charge on any atom is 0.101 e. The Balaban J connectivity index is 1.10. The molecule has 46 heavy (non-hydrogen) atoms. The highest BCUT2D eigenvalue weighted by atomic mass is 15.0. The number of nitriles is 1. The molecule has 0 aliphatic carbocycles. The summed E-state index contributed by atoms with van der Waals surface area (Å²) in [7, 11) is 0. The minimum absolute atomic E-state index is 0.588. The van der Waals surface area contributed by atoms with Crippen molar-refractivity contribution in [1.29, 1.82) is 5.26 Å². The number of aromatic nitrogens is 4. The molecule has 0 saturated carbocycles. The highest BCUT2D eigenvalue weighted by Gasteiger charge is 2.16. The van der Waals surface area contributed by atoms with Gasteiger partial charge in [-0.05, 0) is 60.7 Å². The topological polar surface area (TPSA) is 59.4 Å². The van der Waals surface area contributed by atoms with Gasteiger partial charge in [0.1, 0.15) is 6.07 Å². The minimum Gasteiger partial charge on any atom is -0.308 e. The Bertz CT molecular complexity index is 2550. The van der Waals surface area contributed by atoms with Crippen molar-refractivity contribution in [3.05, 3.63) is 157 Å². The van der Waals surface area contributed by atoms with Gasteiger partial charge in [-0.3, -0.25) is 4.98 Å². The van der Waals surface area contributed by atoms with Crippen LogP contribution in [0.4, 0.5) is 0 Å². The van der Waals surface area contributed by atoms with Gasteiger partial charge in [-0.25, -0.2) is 4.98 Å². The number of hydrogen-bond acceptors (Lipinski definition) is 3. The first-order chi connectivity index (χ1) is 22.8. The second-order valence-corrected chi connectivity index (χ2v) is 11.4. The number of pyridine rings is 2. The van der Waals surface area contributed by atoms with Crippen molar-refractivity contribution in [2.75, 3.05) is 0 Å². The van der Waals surface area contributed by atoms with E-state index in [2.05, 4.69) is 106 Å². The average Bonchev–Trinajstić information content (AvgIpc) is 3.65. The van der Waals surface area contributed by atoms with Crippen LogP contribution >= 0.6 is 0 Å². The summed E-state index contributed by atoms with van der Waals surface area (Å²) < 4.78 is 4.44. The predicted octanol–water partition coefficient (Wildman–Crippen LogP) is 9.88.